The zero-order valence-corrected chi connectivity index (χ0v) is 12.0. The van der Waals surface area contributed by atoms with Crippen molar-refractivity contribution in [3.63, 3.8) is 0 Å². The third-order valence-electron chi connectivity index (χ3n) is 3.01. The number of nitrogens with one attached hydrogen (secondary N) is 1. The highest BCUT2D eigenvalue weighted by atomic mass is 35.5. The maximum atomic E-state index is 12.0. The van der Waals surface area contributed by atoms with Crippen LogP contribution in [-0.2, 0) is 11.3 Å². The molecule has 1 aromatic heterocycles. The van der Waals surface area contributed by atoms with Crippen LogP contribution >= 0.6 is 24.8 Å². The molecule has 1 atom stereocenters. The van der Waals surface area contributed by atoms with Crippen LogP contribution in [0.5, 0.6) is 0 Å². The van der Waals surface area contributed by atoms with Gasteiger partial charge in [0.2, 0.25) is 5.91 Å². The van der Waals surface area contributed by atoms with Crippen LogP contribution in [-0.4, -0.2) is 47.3 Å². The van der Waals surface area contributed by atoms with Crippen LogP contribution in [0.25, 0.3) is 0 Å². The predicted molar refractivity (Wildman–Crippen MR) is 75.3 cm³/mol. The summed E-state index contributed by atoms with van der Waals surface area (Å²) in [6.45, 7) is 3.26. The molecule has 0 spiro atoms. The lowest BCUT2D eigenvalue weighted by Crippen LogP contribution is -2.36. The second-order valence-electron chi connectivity index (χ2n) is 4.22. The first-order valence-electron chi connectivity index (χ1n) is 5.70. The molecular formula is C11H20Cl2N4O. The summed E-state index contributed by atoms with van der Waals surface area (Å²) in [6.07, 6.45) is 4.63. The summed E-state index contributed by atoms with van der Waals surface area (Å²) in [5.41, 5.74) is 0. The molecule has 1 saturated heterocycles. The van der Waals surface area contributed by atoms with E-state index in [0.29, 0.717) is 0 Å². The monoisotopic (exact) mass is 294 g/mol. The molecule has 1 aliphatic rings. The summed E-state index contributed by atoms with van der Waals surface area (Å²) < 4.78 is 1.84. The first kappa shape index (κ1) is 17.2. The lowest BCUT2D eigenvalue weighted by atomic mass is 10.1. The Labute approximate surface area is 120 Å². The van der Waals surface area contributed by atoms with E-state index in [-0.39, 0.29) is 36.6 Å². The zero-order valence-electron chi connectivity index (χ0n) is 10.4. The van der Waals surface area contributed by atoms with Gasteiger partial charge in [-0.05, 0) is 19.0 Å². The molecule has 2 heterocycles. The lowest BCUT2D eigenvalue weighted by Gasteiger charge is -2.20. The van der Waals surface area contributed by atoms with Crippen molar-refractivity contribution >= 4 is 30.7 Å². The number of hydrogen-bond acceptors (Lipinski definition) is 3. The van der Waals surface area contributed by atoms with E-state index in [1.54, 1.807) is 11.1 Å². The molecule has 1 fully saturated rings. The smallest absolute Gasteiger partial charge is 0.226 e. The summed E-state index contributed by atoms with van der Waals surface area (Å²) in [7, 11) is 1.87. The molecule has 18 heavy (non-hydrogen) atoms. The second-order valence-corrected chi connectivity index (χ2v) is 4.22. The summed E-state index contributed by atoms with van der Waals surface area (Å²) in [5.74, 6) is 0.416. The van der Waals surface area contributed by atoms with Gasteiger partial charge in [0, 0.05) is 32.5 Å². The number of rotatable bonds is 4. The van der Waals surface area contributed by atoms with Crippen molar-refractivity contribution in [2.24, 2.45) is 5.92 Å². The summed E-state index contributed by atoms with van der Waals surface area (Å²) in [6, 6.07) is 1.89. The molecule has 1 aromatic rings. The van der Waals surface area contributed by atoms with Gasteiger partial charge in [0.25, 0.3) is 0 Å². The Morgan fingerprint density at radius 2 is 2.33 bits per heavy atom. The number of carbonyl (C=O) groups is 1. The molecule has 0 radical (unpaired) electrons. The molecular weight excluding hydrogens is 275 g/mol. The van der Waals surface area contributed by atoms with Gasteiger partial charge in [-0.15, -0.1) is 24.8 Å². The van der Waals surface area contributed by atoms with Crippen LogP contribution in [0.4, 0.5) is 0 Å². The number of halogens is 2. The number of aromatic nitrogens is 2. The van der Waals surface area contributed by atoms with E-state index in [4.69, 9.17) is 0 Å². The Morgan fingerprint density at radius 3 is 2.89 bits per heavy atom. The number of carbonyl (C=O) groups excluding carboxylic acids is 1. The van der Waals surface area contributed by atoms with Crippen molar-refractivity contribution in [1.82, 2.24) is 20.0 Å². The van der Waals surface area contributed by atoms with Gasteiger partial charge in [-0.25, -0.2) is 0 Å². The molecule has 7 heteroatoms. The number of amides is 1. The number of likely N-dealkylation sites (N-methyl/N-ethyl adjacent to an activating group) is 1. The Kier molecular flexibility index (Phi) is 7.98. The molecule has 1 N–H and O–H groups in total. The van der Waals surface area contributed by atoms with E-state index in [9.17, 15) is 4.79 Å². The lowest BCUT2D eigenvalue weighted by molar-refractivity contribution is -0.133. The molecule has 0 aromatic carbocycles. The van der Waals surface area contributed by atoms with Crippen LogP contribution in [0, 0.1) is 5.92 Å². The summed E-state index contributed by atoms with van der Waals surface area (Å²) in [5, 5.41) is 7.32. The predicted octanol–water partition coefficient (Wildman–Crippen LogP) is 0.795. The van der Waals surface area contributed by atoms with Crippen molar-refractivity contribution in [1.29, 1.82) is 0 Å². The van der Waals surface area contributed by atoms with Crippen LogP contribution in [0.15, 0.2) is 18.5 Å². The third kappa shape index (κ3) is 4.48. The van der Waals surface area contributed by atoms with E-state index < -0.39 is 0 Å². The zero-order chi connectivity index (χ0) is 11.4. The summed E-state index contributed by atoms with van der Waals surface area (Å²) >= 11 is 0. The number of nitrogens with zero attached hydrogens (tertiary/aromatic N) is 3. The van der Waals surface area contributed by atoms with Gasteiger partial charge in [0.1, 0.15) is 0 Å². The third-order valence-corrected chi connectivity index (χ3v) is 3.01. The topological polar surface area (TPSA) is 50.2 Å². The van der Waals surface area contributed by atoms with Crippen LogP contribution < -0.4 is 5.32 Å². The van der Waals surface area contributed by atoms with Gasteiger partial charge in [0.15, 0.2) is 0 Å². The van der Waals surface area contributed by atoms with Gasteiger partial charge in [0.05, 0.1) is 12.5 Å². The maximum Gasteiger partial charge on any atom is 0.226 e. The second kappa shape index (κ2) is 8.34. The van der Waals surface area contributed by atoms with E-state index in [1.165, 1.54) is 0 Å². The van der Waals surface area contributed by atoms with Crippen molar-refractivity contribution in [3.05, 3.63) is 18.5 Å². The molecule has 0 bridgehead atoms. The van der Waals surface area contributed by atoms with Crippen molar-refractivity contribution in [2.45, 2.75) is 13.0 Å². The molecule has 5 nitrogen and oxygen atoms in total. The molecule has 0 saturated carbocycles. The molecule has 0 aliphatic carbocycles. The average Bonchev–Trinajstić information content (AvgIpc) is 2.96. The molecule has 104 valence electrons. The quantitative estimate of drug-likeness (QED) is 0.893. The standard InChI is InChI=1S/C11H18N4O.2ClH/c1-14(7-8-15-6-2-4-13-15)11(16)10-3-5-12-9-10;;/h2,4,6,10,12H,3,5,7-9H2,1H3;2*1H. The fourth-order valence-corrected chi connectivity index (χ4v) is 1.97. The SMILES string of the molecule is CN(CCn1cccn1)C(=O)C1CCNC1.Cl.Cl. The minimum Gasteiger partial charge on any atom is -0.344 e. The minimum absolute atomic E-state index is 0. The maximum absolute atomic E-state index is 12.0. The van der Waals surface area contributed by atoms with Crippen molar-refractivity contribution in [3.8, 4) is 0 Å². The highest BCUT2D eigenvalue weighted by molar-refractivity contribution is 5.85. The van der Waals surface area contributed by atoms with Gasteiger partial charge in [-0.3, -0.25) is 9.48 Å². The normalized spacial score (nSPS) is 17.7. The van der Waals surface area contributed by atoms with E-state index in [0.717, 1.165) is 32.6 Å². The Balaban J connectivity index is 0.00000144. The Morgan fingerprint density at radius 1 is 1.56 bits per heavy atom. The molecule has 2 rings (SSSR count). The fraction of sp³-hybridized carbons (Fsp3) is 0.636. The minimum atomic E-state index is 0. The summed E-state index contributed by atoms with van der Waals surface area (Å²) in [4.78, 5) is 13.8. The Hall–Kier alpha value is -0.780. The van der Waals surface area contributed by atoms with E-state index in [2.05, 4.69) is 10.4 Å². The Bertz CT molecular complexity index is 339. The van der Waals surface area contributed by atoms with Gasteiger partial charge >= 0.3 is 0 Å². The number of hydrogen-bond donors (Lipinski definition) is 1. The van der Waals surface area contributed by atoms with Crippen molar-refractivity contribution < 1.29 is 4.79 Å². The molecule has 1 amide bonds. The molecule has 1 aliphatic heterocycles. The first-order chi connectivity index (χ1) is 7.77. The van der Waals surface area contributed by atoms with Crippen molar-refractivity contribution in [2.75, 3.05) is 26.7 Å². The van der Waals surface area contributed by atoms with Crippen LogP contribution in [0.1, 0.15) is 6.42 Å². The largest absolute Gasteiger partial charge is 0.344 e. The highest BCUT2D eigenvalue weighted by Gasteiger charge is 2.24. The first-order valence-corrected chi connectivity index (χ1v) is 5.70. The van der Waals surface area contributed by atoms with E-state index >= 15 is 0 Å². The fourth-order valence-electron chi connectivity index (χ4n) is 1.97. The highest BCUT2D eigenvalue weighted by Crippen LogP contribution is 2.10. The molecule has 1 unspecified atom stereocenters. The van der Waals surface area contributed by atoms with Gasteiger partial charge < -0.3 is 10.2 Å². The van der Waals surface area contributed by atoms with E-state index in [1.807, 2.05) is 24.0 Å². The van der Waals surface area contributed by atoms with Gasteiger partial charge in [-0.1, -0.05) is 0 Å². The van der Waals surface area contributed by atoms with Gasteiger partial charge in [-0.2, -0.15) is 5.10 Å². The van der Waals surface area contributed by atoms with Crippen LogP contribution in [0.3, 0.4) is 0 Å². The van der Waals surface area contributed by atoms with Crippen LogP contribution in [0.2, 0.25) is 0 Å². The average molecular weight is 295 g/mol.